The van der Waals surface area contributed by atoms with Crippen LogP contribution in [0.3, 0.4) is 0 Å². The predicted octanol–water partition coefficient (Wildman–Crippen LogP) is 1.51. The van der Waals surface area contributed by atoms with E-state index in [1.807, 2.05) is 11.7 Å². The molecule has 0 aliphatic heterocycles. The average Bonchev–Trinajstić information content (AvgIpc) is 2.45. The fourth-order valence-corrected chi connectivity index (χ4v) is 1.54. The Kier molecular flexibility index (Phi) is 3.69. The Morgan fingerprint density at radius 3 is 2.64 bits per heavy atom. The lowest BCUT2D eigenvalue weighted by Crippen LogP contribution is -2.28. The smallest absolute Gasteiger partial charge is 0.0654 e. The molecule has 1 unspecified atom stereocenters. The number of nitrogens with zero attached hydrogens (tertiary/aromatic N) is 2. The highest BCUT2D eigenvalue weighted by atomic mass is 15.2. The van der Waals surface area contributed by atoms with Crippen molar-refractivity contribution in [3.63, 3.8) is 0 Å². The number of aryl methyl sites for hydroxylation is 2. The largest absolute Gasteiger partial charge is 0.327 e. The Bertz CT molecular complexity index is 289. The van der Waals surface area contributed by atoms with Gasteiger partial charge in [-0.15, -0.1) is 0 Å². The lowest BCUT2D eigenvalue weighted by atomic mass is 9.97. The van der Waals surface area contributed by atoms with E-state index in [4.69, 9.17) is 5.73 Å². The van der Waals surface area contributed by atoms with Gasteiger partial charge in [-0.25, -0.2) is 0 Å². The normalized spacial score (nSPS) is 13.6. The fraction of sp³-hybridized carbons (Fsp3) is 0.727. The van der Waals surface area contributed by atoms with Gasteiger partial charge < -0.3 is 5.73 Å². The highest BCUT2D eigenvalue weighted by Crippen LogP contribution is 2.12. The maximum Gasteiger partial charge on any atom is 0.0654 e. The second-order valence-corrected chi connectivity index (χ2v) is 4.24. The first kappa shape index (κ1) is 11.2. The molecule has 0 amide bonds. The van der Waals surface area contributed by atoms with Crippen molar-refractivity contribution in [2.75, 3.05) is 0 Å². The fourth-order valence-electron chi connectivity index (χ4n) is 1.54. The third-order valence-electron chi connectivity index (χ3n) is 2.64. The van der Waals surface area contributed by atoms with Crippen molar-refractivity contribution in [2.45, 2.75) is 39.7 Å². The molecule has 1 atom stereocenters. The van der Waals surface area contributed by atoms with Crippen molar-refractivity contribution in [3.8, 4) is 0 Å². The van der Waals surface area contributed by atoms with Crippen molar-refractivity contribution in [1.29, 1.82) is 0 Å². The van der Waals surface area contributed by atoms with E-state index in [-0.39, 0.29) is 6.04 Å². The van der Waals surface area contributed by atoms with Crippen LogP contribution >= 0.6 is 0 Å². The summed E-state index contributed by atoms with van der Waals surface area (Å²) in [4.78, 5) is 0. The maximum atomic E-state index is 6.04. The Balaban J connectivity index is 2.74. The molecule has 0 radical (unpaired) electrons. The average molecular weight is 195 g/mol. The molecule has 0 spiro atoms. The van der Waals surface area contributed by atoms with Crippen LogP contribution in [0.2, 0.25) is 0 Å². The summed E-state index contributed by atoms with van der Waals surface area (Å²) in [6.07, 6.45) is 4.01. The Labute approximate surface area is 86.3 Å². The van der Waals surface area contributed by atoms with Crippen LogP contribution in [0.1, 0.15) is 32.0 Å². The van der Waals surface area contributed by atoms with Crippen LogP contribution in [0.25, 0.3) is 0 Å². The summed E-state index contributed by atoms with van der Waals surface area (Å²) < 4.78 is 1.88. The first-order chi connectivity index (χ1) is 6.54. The molecule has 0 aliphatic carbocycles. The highest BCUT2D eigenvalue weighted by molar-refractivity contribution is 5.18. The van der Waals surface area contributed by atoms with Gasteiger partial charge in [-0.05, 0) is 24.3 Å². The zero-order chi connectivity index (χ0) is 10.7. The van der Waals surface area contributed by atoms with Crippen molar-refractivity contribution in [2.24, 2.45) is 18.7 Å². The van der Waals surface area contributed by atoms with Gasteiger partial charge in [0.05, 0.1) is 5.69 Å². The van der Waals surface area contributed by atoms with Crippen molar-refractivity contribution in [1.82, 2.24) is 9.78 Å². The molecular formula is C11H21N3. The number of hydrogen-bond donors (Lipinski definition) is 1. The second-order valence-electron chi connectivity index (χ2n) is 4.24. The van der Waals surface area contributed by atoms with E-state index in [2.05, 4.69) is 32.1 Å². The summed E-state index contributed by atoms with van der Waals surface area (Å²) in [5, 5.41) is 4.40. The molecule has 1 aromatic heterocycles. The molecule has 14 heavy (non-hydrogen) atoms. The van der Waals surface area contributed by atoms with Crippen LogP contribution in [0, 0.1) is 5.92 Å². The van der Waals surface area contributed by atoms with Crippen LogP contribution in [0.5, 0.6) is 0 Å². The van der Waals surface area contributed by atoms with E-state index in [1.54, 1.807) is 0 Å². The number of aromatic nitrogens is 2. The topological polar surface area (TPSA) is 43.8 Å². The SMILES string of the molecule is CCc1nn(C)cc1CC(N)C(C)C. The molecule has 0 aliphatic rings. The lowest BCUT2D eigenvalue weighted by molar-refractivity contribution is 0.489. The minimum absolute atomic E-state index is 0.240. The van der Waals surface area contributed by atoms with Crippen molar-refractivity contribution < 1.29 is 0 Å². The molecule has 80 valence electrons. The van der Waals surface area contributed by atoms with E-state index in [0.717, 1.165) is 12.8 Å². The molecular weight excluding hydrogens is 174 g/mol. The Morgan fingerprint density at radius 1 is 1.50 bits per heavy atom. The van der Waals surface area contributed by atoms with Crippen molar-refractivity contribution >= 4 is 0 Å². The highest BCUT2D eigenvalue weighted by Gasteiger charge is 2.12. The van der Waals surface area contributed by atoms with Gasteiger partial charge >= 0.3 is 0 Å². The number of hydrogen-bond acceptors (Lipinski definition) is 2. The third kappa shape index (κ3) is 2.58. The predicted molar refractivity (Wildman–Crippen MR) is 59.1 cm³/mol. The molecule has 0 fully saturated rings. The monoisotopic (exact) mass is 195 g/mol. The van der Waals surface area contributed by atoms with Gasteiger partial charge in [0, 0.05) is 19.3 Å². The summed E-state index contributed by atoms with van der Waals surface area (Å²) >= 11 is 0. The van der Waals surface area contributed by atoms with Crippen LogP contribution < -0.4 is 5.73 Å². The summed E-state index contributed by atoms with van der Waals surface area (Å²) in [6.45, 7) is 6.45. The van der Waals surface area contributed by atoms with E-state index < -0.39 is 0 Å². The second kappa shape index (κ2) is 4.60. The van der Waals surface area contributed by atoms with E-state index in [1.165, 1.54) is 11.3 Å². The quantitative estimate of drug-likeness (QED) is 0.791. The molecule has 1 heterocycles. The van der Waals surface area contributed by atoms with Gasteiger partial charge in [0.25, 0.3) is 0 Å². The zero-order valence-electron chi connectivity index (χ0n) is 9.62. The van der Waals surface area contributed by atoms with Crippen LogP contribution in [0.15, 0.2) is 6.20 Å². The first-order valence-corrected chi connectivity index (χ1v) is 5.31. The summed E-state index contributed by atoms with van der Waals surface area (Å²) in [6, 6.07) is 0.240. The molecule has 3 heteroatoms. The Morgan fingerprint density at radius 2 is 2.14 bits per heavy atom. The standard InChI is InChI=1S/C11H21N3/c1-5-11-9(7-14(4)13-11)6-10(12)8(2)3/h7-8,10H,5-6,12H2,1-4H3. The summed E-state index contributed by atoms with van der Waals surface area (Å²) in [5.41, 5.74) is 8.53. The summed E-state index contributed by atoms with van der Waals surface area (Å²) in [5.74, 6) is 0.528. The van der Waals surface area contributed by atoms with E-state index >= 15 is 0 Å². The molecule has 3 nitrogen and oxygen atoms in total. The zero-order valence-corrected chi connectivity index (χ0v) is 9.62. The molecule has 1 aromatic rings. The maximum absolute atomic E-state index is 6.04. The minimum atomic E-state index is 0.240. The molecule has 0 bridgehead atoms. The van der Waals surface area contributed by atoms with Gasteiger partial charge in [-0.2, -0.15) is 5.10 Å². The van der Waals surface area contributed by atoms with Crippen LogP contribution in [-0.2, 0) is 19.9 Å². The van der Waals surface area contributed by atoms with Gasteiger partial charge in [-0.1, -0.05) is 20.8 Å². The van der Waals surface area contributed by atoms with Gasteiger partial charge in [0.2, 0.25) is 0 Å². The van der Waals surface area contributed by atoms with Crippen LogP contribution in [0.4, 0.5) is 0 Å². The van der Waals surface area contributed by atoms with Gasteiger partial charge in [-0.3, -0.25) is 4.68 Å². The van der Waals surface area contributed by atoms with E-state index in [0.29, 0.717) is 5.92 Å². The molecule has 0 saturated heterocycles. The Hall–Kier alpha value is -0.830. The van der Waals surface area contributed by atoms with E-state index in [9.17, 15) is 0 Å². The molecule has 0 saturated carbocycles. The number of nitrogens with two attached hydrogens (primary N) is 1. The first-order valence-electron chi connectivity index (χ1n) is 5.31. The van der Waals surface area contributed by atoms with Gasteiger partial charge in [0.15, 0.2) is 0 Å². The minimum Gasteiger partial charge on any atom is -0.327 e. The van der Waals surface area contributed by atoms with Gasteiger partial charge in [0.1, 0.15) is 0 Å². The molecule has 2 N–H and O–H groups in total. The summed E-state index contributed by atoms with van der Waals surface area (Å²) in [7, 11) is 1.96. The third-order valence-corrected chi connectivity index (χ3v) is 2.64. The molecule has 0 aromatic carbocycles. The number of rotatable bonds is 4. The van der Waals surface area contributed by atoms with Crippen LogP contribution in [-0.4, -0.2) is 15.8 Å². The lowest BCUT2D eigenvalue weighted by Gasteiger charge is -2.14. The van der Waals surface area contributed by atoms with Crippen molar-refractivity contribution in [3.05, 3.63) is 17.5 Å². The molecule has 1 rings (SSSR count).